The van der Waals surface area contributed by atoms with Gasteiger partial charge in [-0.1, -0.05) is 6.07 Å². The molecule has 1 heterocycles. The van der Waals surface area contributed by atoms with E-state index in [4.69, 9.17) is 0 Å². The van der Waals surface area contributed by atoms with Crippen molar-refractivity contribution in [3.05, 3.63) is 59.2 Å². The van der Waals surface area contributed by atoms with Crippen LogP contribution in [0.1, 0.15) is 40.7 Å². The van der Waals surface area contributed by atoms with E-state index in [0.29, 0.717) is 12.0 Å². The van der Waals surface area contributed by atoms with Gasteiger partial charge in [-0.2, -0.15) is 0 Å². The Morgan fingerprint density at radius 2 is 1.70 bits per heavy atom. The van der Waals surface area contributed by atoms with E-state index in [1.54, 1.807) is 36.0 Å². The zero-order valence-corrected chi connectivity index (χ0v) is 16.8. The molecular weight excluding hydrogens is 356 g/mol. The van der Waals surface area contributed by atoms with Crippen LogP contribution in [0.15, 0.2) is 47.4 Å². The van der Waals surface area contributed by atoms with Gasteiger partial charge in [0.1, 0.15) is 0 Å². The number of benzene rings is 2. The number of anilines is 1. The van der Waals surface area contributed by atoms with Crippen LogP contribution in [0.25, 0.3) is 0 Å². The van der Waals surface area contributed by atoms with Gasteiger partial charge < -0.3 is 10.2 Å². The fraction of sp³-hybridized carbons (Fsp3) is 0.364. The molecule has 5 heteroatoms. The molecule has 0 saturated carbocycles. The number of aryl methyl sites for hydroxylation is 2. The summed E-state index contributed by atoms with van der Waals surface area (Å²) < 4.78 is 0. The molecule has 2 aromatic rings. The number of likely N-dealkylation sites (tertiary alicyclic amines) is 1. The average Bonchev–Trinajstić information content (AvgIpc) is 3.19. The van der Waals surface area contributed by atoms with E-state index in [1.807, 2.05) is 4.90 Å². The molecule has 0 radical (unpaired) electrons. The van der Waals surface area contributed by atoms with Crippen LogP contribution in [0.3, 0.4) is 0 Å². The van der Waals surface area contributed by atoms with E-state index in [-0.39, 0.29) is 11.8 Å². The fourth-order valence-electron chi connectivity index (χ4n) is 3.09. The van der Waals surface area contributed by atoms with Gasteiger partial charge in [0, 0.05) is 41.4 Å². The summed E-state index contributed by atoms with van der Waals surface area (Å²) in [7, 11) is 0. The second-order valence-corrected chi connectivity index (χ2v) is 8.14. The summed E-state index contributed by atoms with van der Waals surface area (Å²) in [6, 6.07) is 13.6. The Labute approximate surface area is 165 Å². The highest BCUT2D eigenvalue weighted by molar-refractivity contribution is 7.99. The molecule has 1 aliphatic heterocycles. The lowest BCUT2D eigenvalue weighted by Crippen LogP contribution is -2.27. The number of nitrogens with one attached hydrogen (secondary N) is 1. The monoisotopic (exact) mass is 382 g/mol. The first kappa shape index (κ1) is 19.5. The molecule has 3 rings (SSSR count). The van der Waals surface area contributed by atoms with Crippen LogP contribution in [-0.2, 0) is 4.79 Å². The number of thioether (sulfide) groups is 1. The molecule has 0 aromatic heterocycles. The van der Waals surface area contributed by atoms with Crippen LogP contribution in [0, 0.1) is 13.8 Å². The Hall–Kier alpha value is -2.27. The number of hydrogen-bond donors (Lipinski definition) is 1. The van der Waals surface area contributed by atoms with Crippen molar-refractivity contribution in [2.45, 2.75) is 38.0 Å². The second-order valence-electron chi connectivity index (χ2n) is 6.97. The van der Waals surface area contributed by atoms with Gasteiger partial charge in [0.15, 0.2) is 0 Å². The van der Waals surface area contributed by atoms with E-state index in [0.717, 1.165) is 37.4 Å². The molecule has 2 amide bonds. The third-order valence-corrected chi connectivity index (χ3v) is 5.88. The third kappa shape index (κ3) is 5.36. The molecule has 27 heavy (non-hydrogen) atoms. The predicted molar refractivity (Wildman–Crippen MR) is 111 cm³/mol. The van der Waals surface area contributed by atoms with Gasteiger partial charge in [-0.3, -0.25) is 9.59 Å². The number of carbonyl (C=O) groups is 2. The summed E-state index contributed by atoms with van der Waals surface area (Å²) in [5, 5.41) is 2.91. The van der Waals surface area contributed by atoms with E-state index in [9.17, 15) is 9.59 Å². The maximum atomic E-state index is 12.3. The maximum absolute atomic E-state index is 12.3. The molecule has 4 nitrogen and oxygen atoms in total. The Bertz CT molecular complexity index is 812. The Balaban J connectivity index is 1.46. The smallest absolute Gasteiger partial charge is 0.253 e. The largest absolute Gasteiger partial charge is 0.339 e. The first-order chi connectivity index (χ1) is 13.0. The van der Waals surface area contributed by atoms with Crippen LogP contribution < -0.4 is 5.32 Å². The molecular formula is C22H26N2O2S. The first-order valence-corrected chi connectivity index (χ1v) is 10.4. The minimum Gasteiger partial charge on any atom is -0.339 e. The quantitative estimate of drug-likeness (QED) is 0.739. The van der Waals surface area contributed by atoms with Crippen LogP contribution >= 0.6 is 11.8 Å². The highest BCUT2D eigenvalue weighted by atomic mass is 32.2. The molecule has 2 aromatic carbocycles. The first-order valence-electron chi connectivity index (χ1n) is 9.42. The molecule has 0 unspecified atom stereocenters. The standard InChI is InChI=1S/C22H26N2O2S/c1-16-5-10-20(15-17(16)2)27-14-11-21(25)23-19-8-6-18(7-9-19)22(26)24-12-3-4-13-24/h5-10,15H,3-4,11-14H2,1-2H3,(H,23,25). The molecule has 0 bridgehead atoms. The highest BCUT2D eigenvalue weighted by Gasteiger charge is 2.19. The molecule has 0 atom stereocenters. The lowest BCUT2D eigenvalue weighted by molar-refractivity contribution is -0.115. The minimum absolute atomic E-state index is 0.00930. The summed E-state index contributed by atoms with van der Waals surface area (Å²) in [5.74, 6) is 0.806. The van der Waals surface area contributed by atoms with E-state index in [2.05, 4.69) is 37.4 Å². The predicted octanol–water partition coefficient (Wildman–Crippen LogP) is 4.66. The van der Waals surface area contributed by atoms with Gasteiger partial charge in [0.25, 0.3) is 5.91 Å². The lowest BCUT2D eigenvalue weighted by Gasteiger charge is -2.15. The van der Waals surface area contributed by atoms with Crippen molar-refractivity contribution in [2.75, 3.05) is 24.2 Å². The zero-order chi connectivity index (χ0) is 19.2. The third-order valence-electron chi connectivity index (χ3n) is 4.89. The number of nitrogens with zero attached hydrogens (tertiary/aromatic N) is 1. The van der Waals surface area contributed by atoms with Crippen molar-refractivity contribution in [1.82, 2.24) is 4.90 Å². The molecule has 1 saturated heterocycles. The van der Waals surface area contributed by atoms with Crippen molar-refractivity contribution in [1.29, 1.82) is 0 Å². The highest BCUT2D eigenvalue weighted by Crippen LogP contribution is 2.22. The number of amides is 2. The van der Waals surface area contributed by atoms with E-state index < -0.39 is 0 Å². The molecule has 1 fully saturated rings. The van der Waals surface area contributed by atoms with Gasteiger partial charge >= 0.3 is 0 Å². The summed E-state index contributed by atoms with van der Waals surface area (Å²) in [6.07, 6.45) is 2.62. The van der Waals surface area contributed by atoms with Gasteiger partial charge in [-0.05, 0) is 74.2 Å². The van der Waals surface area contributed by atoms with Crippen molar-refractivity contribution in [2.24, 2.45) is 0 Å². The molecule has 0 aliphatic carbocycles. The molecule has 142 valence electrons. The Kier molecular flexibility index (Phi) is 6.56. The van der Waals surface area contributed by atoms with E-state index >= 15 is 0 Å². The van der Waals surface area contributed by atoms with Gasteiger partial charge in [-0.25, -0.2) is 0 Å². The summed E-state index contributed by atoms with van der Waals surface area (Å²) >= 11 is 1.69. The van der Waals surface area contributed by atoms with Crippen LogP contribution in [0.5, 0.6) is 0 Å². The Morgan fingerprint density at radius 1 is 1.00 bits per heavy atom. The van der Waals surface area contributed by atoms with E-state index in [1.165, 1.54) is 16.0 Å². The average molecular weight is 383 g/mol. The number of carbonyl (C=O) groups excluding carboxylic acids is 2. The molecule has 0 spiro atoms. The van der Waals surface area contributed by atoms with Crippen LogP contribution in [-0.4, -0.2) is 35.6 Å². The van der Waals surface area contributed by atoms with Crippen molar-refractivity contribution < 1.29 is 9.59 Å². The molecule has 1 N–H and O–H groups in total. The second kappa shape index (κ2) is 9.09. The summed E-state index contributed by atoms with van der Waals surface area (Å²) in [5.41, 5.74) is 3.96. The topological polar surface area (TPSA) is 49.4 Å². The van der Waals surface area contributed by atoms with Crippen LogP contribution in [0.2, 0.25) is 0 Å². The van der Waals surface area contributed by atoms with Crippen molar-refractivity contribution in [3.8, 4) is 0 Å². The van der Waals surface area contributed by atoms with Gasteiger partial charge in [-0.15, -0.1) is 11.8 Å². The van der Waals surface area contributed by atoms with Gasteiger partial charge in [0.05, 0.1) is 0 Å². The maximum Gasteiger partial charge on any atom is 0.253 e. The zero-order valence-electron chi connectivity index (χ0n) is 16.0. The number of rotatable bonds is 6. The van der Waals surface area contributed by atoms with Crippen molar-refractivity contribution >= 4 is 29.3 Å². The van der Waals surface area contributed by atoms with Gasteiger partial charge in [0.2, 0.25) is 5.91 Å². The SMILES string of the molecule is Cc1ccc(SCCC(=O)Nc2ccc(C(=O)N3CCCC3)cc2)cc1C. The van der Waals surface area contributed by atoms with Crippen molar-refractivity contribution in [3.63, 3.8) is 0 Å². The Morgan fingerprint density at radius 3 is 2.37 bits per heavy atom. The summed E-state index contributed by atoms with van der Waals surface area (Å²) in [6.45, 7) is 5.89. The van der Waals surface area contributed by atoms with Crippen LogP contribution in [0.4, 0.5) is 5.69 Å². The fourth-order valence-corrected chi connectivity index (χ4v) is 4.04. The lowest BCUT2D eigenvalue weighted by atomic mass is 10.1. The molecule has 1 aliphatic rings. The minimum atomic E-state index is -0.00930. The normalized spacial score (nSPS) is 13.6. The summed E-state index contributed by atoms with van der Waals surface area (Å²) in [4.78, 5) is 27.6. The number of hydrogen-bond acceptors (Lipinski definition) is 3.